The van der Waals surface area contributed by atoms with Crippen LogP contribution in [0.2, 0.25) is 13.4 Å². The Morgan fingerprint density at radius 3 is 1.00 bits per heavy atom. The van der Waals surface area contributed by atoms with Gasteiger partial charge in [0.2, 0.25) is 0 Å². The van der Waals surface area contributed by atoms with E-state index in [0.717, 1.165) is 0 Å². The zero-order chi connectivity index (χ0) is 3.58. The molecule has 0 aliphatic rings. The van der Waals surface area contributed by atoms with E-state index in [1.807, 2.05) is 0 Å². The summed E-state index contributed by atoms with van der Waals surface area (Å²) >= 11 is -0.657. The van der Waals surface area contributed by atoms with Gasteiger partial charge in [0.1, 0.15) is 0 Å². The van der Waals surface area contributed by atoms with Crippen LogP contribution in [0.25, 0.3) is 0 Å². The number of hydrogen-bond donors (Lipinski definition) is 0. The van der Waals surface area contributed by atoms with Crippen molar-refractivity contribution in [2.75, 3.05) is 0 Å². The Bertz CT molecular complexity index is 11.6. The van der Waals surface area contributed by atoms with Gasteiger partial charge >= 0.3 is 36.2 Å². The molecule has 1 nitrogen and oxygen atoms in total. The van der Waals surface area contributed by atoms with E-state index in [2.05, 4.69) is 13.4 Å². The second kappa shape index (κ2) is 4.88. The summed E-state index contributed by atoms with van der Waals surface area (Å²) in [5, 5.41) is 0. The standard InChI is InChI=1S/3CH3.H2O.Pb/h3*1H3;1H2;. The van der Waals surface area contributed by atoms with Crippen LogP contribution in [-0.2, 0) is 0 Å². The van der Waals surface area contributed by atoms with Crippen LogP contribution in [0.15, 0.2) is 0 Å². The average molecular weight is 270 g/mol. The maximum atomic E-state index is 2.38. The van der Waals surface area contributed by atoms with Crippen molar-refractivity contribution in [1.82, 2.24) is 0 Å². The molecule has 0 spiro atoms. The summed E-state index contributed by atoms with van der Waals surface area (Å²) in [5.41, 5.74) is 0. The molecule has 0 aromatic rings. The van der Waals surface area contributed by atoms with E-state index >= 15 is 0 Å². The van der Waals surface area contributed by atoms with Gasteiger partial charge in [0.15, 0.2) is 0 Å². The van der Waals surface area contributed by atoms with Crippen molar-refractivity contribution < 1.29 is 5.48 Å². The third-order valence-electron chi connectivity index (χ3n) is 0. The summed E-state index contributed by atoms with van der Waals surface area (Å²) in [4.78, 5) is 0. The first-order chi connectivity index (χ1) is 1.73. The molecule has 0 heterocycles. The summed E-state index contributed by atoms with van der Waals surface area (Å²) in [5.74, 6) is 0. The van der Waals surface area contributed by atoms with E-state index < -0.39 is 22.7 Å². The zero-order valence-corrected chi connectivity index (χ0v) is 7.89. The van der Waals surface area contributed by atoms with Crippen LogP contribution in [0.3, 0.4) is 0 Å². The minimum atomic E-state index is -0.657. The fourth-order valence-corrected chi connectivity index (χ4v) is 0. The van der Waals surface area contributed by atoms with Crippen LogP contribution < -0.4 is 0 Å². The Hall–Kier alpha value is 0.882. The molecule has 0 aromatic heterocycles. The zero-order valence-electron chi connectivity index (χ0n) is 4.00. The second-order valence-electron chi connectivity index (χ2n) is 1.50. The van der Waals surface area contributed by atoms with Crippen LogP contribution in [-0.4, -0.2) is 28.2 Å². The normalized spacial score (nSPS) is 7.20. The monoisotopic (exact) mass is 271 g/mol. The van der Waals surface area contributed by atoms with Crippen molar-refractivity contribution in [3.63, 3.8) is 0 Å². The van der Waals surface area contributed by atoms with Gasteiger partial charge in [0.05, 0.1) is 0 Å². The molecule has 0 saturated heterocycles. The molecule has 0 amide bonds. The first-order valence-corrected chi connectivity index (χ1v) is 13.2. The van der Waals surface area contributed by atoms with Crippen molar-refractivity contribution >= 4 is 22.7 Å². The first-order valence-electron chi connectivity index (χ1n) is 1.50. The molecule has 0 atom stereocenters. The number of rotatable bonds is 0. The van der Waals surface area contributed by atoms with Crippen LogP contribution in [0.4, 0.5) is 0 Å². The van der Waals surface area contributed by atoms with Gasteiger partial charge in [-0.15, -0.1) is 0 Å². The van der Waals surface area contributed by atoms with Crippen molar-refractivity contribution in [2.24, 2.45) is 0 Å². The Kier molecular flexibility index (Phi) is 9.08. The molecule has 0 rings (SSSR count). The number of hydrogen-bond acceptors (Lipinski definition) is 0. The molecule has 33 valence electrons. The van der Waals surface area contributed by atoms with Crippen LogP contribution >= 0.6 is 0 Å². The Labute approximate surface area is 41.8 Å². The molecule has 2 heteroatoms. The predicted octanol–water partition coefficient (Wildman–Crippen LogP) is 0.546. The van der Waals surface area contributed by atoms with Gasteiger partial charge in [-0.2, -0.15) is 0 Å². The first kappa shape index (κ1) is 9.30. The fourth-order valence-electron chi connectivity index (χ4n) is 0. The van der Waals surface area contributed by atoms with E-state index in [-0.39, 0.29) is 5.48 Å². The third-order valence-corrected chi connectivity index (χ3v) is 0. The maximum absolute atomic E-state index is 2.38. The summed E-state index contributed by atoms with van der Waals surface area (Å²) in [7, 11) is 0. The summed E-state index contributed by atoms with van der Waals surface area (Å²) in [6.45, 7) is 0. The molecule has 0 aromatic carbocycles. The van der Waals surface area contributed by atoms with Crippen LogP contribution in [0, 0.1) is 0 Å². The van der Waals surface area contributed by atoms with Crippen molar-refractivity contribution in [1.29, 1.82) is 0 Å². The van der Waals surface area contributed by atoms with Crippen LogP contribution in [0.1, 0.15) is 0 Å². The predicted molar refractivity (Wildman–Crippen MR) is 27.0 cm³/mol. The van der Waals surface area contributed by atoms with Gasteiger partial charge in [-0.1, -0.05) is 0 Å². The molecule has 0 fully saturated rings. The third kappa shape index (κ3) is 52.1. The van der Waals surface area contributed by atoms with E-state index in [1.165, 1.54) is 0 Å². The topological polar surface area (TPSA) is 31.5 Å². The molecular formula is C3H11OPb. The minimum absolute atomic E-state index is 0. The van der Waals surface area contributed by atoms with Gasteiger partial charge in [-0.05, 0) is 0 Å². The van der Waals surface area contributed by atoms with Gasteiger partial charge in [-0.3, -0.25) is 0 Å². The van der Waals surface area contributed by atoms with E-state index in [4.69, 9.17) is 0 Å². The molecule has 0 aliphatic carbocycles. The molecule has 0 saturated carbocycles. The Balaban J connectivity index is 0. The quantitative estimate of drug-likeness (QED) is 0.576. The molecule has 0 aliphatic heterocycles. The molecule has 0 unspecified atom stereocenters. The fraction of sp³-hybridized carbons (Fsp3) is 1.00. The van der Waals surface area contributed by atoms with Gasteiger partial charge in [0.25, 0.3) is 0 Å². The molecule has 1 radical (unpaired) electrons. The average Bonchev–Trinajstić information content (AvgIpc) is 0.811. The van der Waals surface area contributed by atoms with E-state index in [9.17, 15) is 0 Å². The van der Waals surface area contributed by atoms with Gasteiger partial charge in [-0.25, -0.2) is 0 Å². The molecular weight excluding hydrogens is 259 g/mol. The van der Waals surface area contributed by atoms with Crippen molar-refractivity contribution in [3.05, 3.63) is 0 Å². The summed E-state index contributed by atoms with van der Waals surface area (Å²) in [6.07, 6.45) is 0. The molecule has 5 heavy (non-hydrogen) atoms. The van der Waals surface area contributed by atoms with Crippen LogP contribution in [0.5, 0.6) is 0 Å². The second-order valence-corrected chi connectivity index (χ2v) is 13.2. The Morgan fingerprint density at radius 1 is 1.00 bits per heavy atom. The SMILES string of the molecule is O.[CH3][Pb]([CH3])[CH3]. The summed E-state index contributed by atoms with van der Waals surface area (Å²) < 4.78 is 7.14. The summed E-state index contributed by atoms with van der Waals surface area (Å²) in [6, 6.07) is 0. The molecule has 0 bridgehead atoms. The van der Waals surface area contributed by atoms with Crippen molar-refractivity contribution in [3.8, 4) is 0 Å². The van der Waals surface area contributed by atoms with Gasteiger partial charge < -0.3 is 5.48 Å². The van der Waals surface area contributed by atoms with Crippen molar-refractivity contribution in [2.45, 2.75) is 13.4 Å². The van der Waals surface area contributed by atoms with E-state index in [0.29, 0.717) is 0 Å². The molecule has 2 N–H and O–H groups in total. The van der Waals surface area contributed by atoms with Gasteiger partial charge in [0, 0.05) is 0 Å². The Morgan fingerprint density at radius 2 is 1.00 bits per heavy atom. The van der Waals surface area contributed by atoms with E-state index in [1.54, 1.807) is 0 Å².